The Morgan fingerprint density at radius 3 is 2.67 bits per heavy atom. The fourth-order valence-electron chi connectivity index (χ4n) is 3.38. The van der Waals surface area contributed by atoms with Gasteiger partial charge in [-0.05, 0) is 42.7 Å². The van der Waals surface area contributed by atoms with Crippen LogP contribution < -0.4 is 5.32 Å². The van der Waals surface area contributed by atoms with E-state index >= 15 is 0 Å². The summed E-state index contributed by atoms with van der Waals surface area (Å²) in [4.78, 5) is 28.7. The molecular formula is C21H24ClN3O2. The predicted octanol–water partition coefficient (Wildman–Crippen LogP) is 3.18. The Morgan fingerprint density at radius 1 is 1.19 bits per heavy atom. The summed E-state index contributed by atoms with van der Waals surface area (Å²) >= 11 is 5.93. The van der Waals surface area contributed by atoms with E-state index in [9.17, 15) is 9.59 Å². The van der Waals surface area contributed by atoms with Gasteiger partial charge < -0.3 is 10.2 Å². The third-order valence-corrected chi connectivity index (χ3v) is 5.17. The van der Waals surface area contributed by atoms with Crippen LogP contribution in [0.1, 0.15) is 18.1 Å². The highest BCUT2D eigenvalue weighted by Gasteiger charge is 2.27. The van der Waals surface area contributed by atoms with Crippen LogP contribution in [0.3, 0.4) is 0 Å². The lowest BCUT2D eigenvalue weighted by Crippen LogP contribution is -2.49. The number of likely N-dealkylation sites (N-methyl/N-ethyl adjacent to an activating group) is 1. The van der Waals surface area contributed by atoms with Crippen LogP contribution in [0.15, 0.2) is 48.5 Å². The Kier molecular flexibility index (Phi) is 6.14. The Balaban J connectivity index is 1.56. The van der Waals surface area contributed by atoms with Crippen molar-refractivity contribution >= 4 is 29.1 Å². The lowest BCUT2D eigenvalue weighted by Gasteiger charge is -2.34. The number of fused-ring (bicyclic) bond motifs is 1. The van der Waals surface area contributed by atoms with E-state index in [-0.39, 0.29) is 24.4 Å². The molecule has 0 fully saturated rings. The molecule has 0 aliphatic carbocycles. The van der Waals surface area contributed by atoms with E-state index in [1.807, 2.05) is 13.0 Å². The Bertz CT molecular complexity index is 840. The molecule has 2 aromatic rings. The van der Waals surface area contributed by atoms with Crippen molar-refractivity contribution in [1.29, 1.82) is 0 Å². The SMILES string of the molecule is CC(C(=O)N(C)CC(=O)Nc1cccc(Cl)c1)N1CCc2ccccc2C1. The van der Waals surface area contributed by atoms with Crippen LogP contribution in [0.4, 0.5) is 5.69 Å². The van der Waals surface area contributed by atoms with Gasteiger partial charge in [0.2, 0.25) is 11.8 Å². The molecule has 1 aliphatic heterocycles. The topological polar surface area (TPSA) is 52.7 Å². The smallest absolute Gasteiger partial charge is 0.243 e. The van der Waals surface area contributed by atoms with E-state index in [1.54, 1.807) is 31.3 Å². The van der Waals surface area contributed by atoms with Gasteiger partial charge in [-0.15, -0.1) is 0 Å². The molecule has 0 bridgehead atoms. The van der Waals surface area contributed by atoms with Crippen LogP contribution in [0, 0.1) is 0 Å². The number of rotatable bonds is 5. The molecule has 0 saturated heterocycles. The van der Waals surface area contributed by atoms with Crippen molar-refractivity contribution in [2.24, 2.45) is 0 Å². The first kappa shape index (κ1) is 19.4. The molecule has 0 spiro atoms. The standard InChI is InChI=1S/C21H24ClN3O2/c1-15(25-11-10-16-6-3-4-7-17(16)13-25)21(27)24(2)14-20(26)23-19-9-5-8-18(22)12-19/h3-9,12,15H,10-11,13-14H2,1-2H3,(H,23,26). The summed E-state index contributed by atoms with van der Waals surface area (Å²) in [6.45, 7) is 3.50. The van der Waals surface area contributed by atoms with Crippen molar-refractivity contribution in [1.82, 2.24) is 9.80 Å². The third-order valence-electron chi connectivity index (χ3n) is 4.93. The molecule has 0 aromatic heterocycles. The van der Waals surface area contributed by atoms with Gasteiger partial charge in [0.1, 0.15) is 0 Å². The average Bonchev–Trinajstić information content (AvgIpc) is 2.66. The zero-order valence-electron chi connectivity index (χ0n) is 15.6. The van der Waals surface area contributed by atoms with E-state index in [0.717, 1.165) is 19.5 Å². The number of nitrogens with one attached hydrogen (secondary N) is 1. The number of benzene rings is 2. The summed E-state index contributed by atoms with van der Waals surface area (Å²) in [6, 6.07) is 15.0. The highest BCUT2D eigenvalue weighted by atomic mass is 35.5. The van der Waals surface area contributed by atoms with Crippen molar-refractivity contribution < 1.29 is 9.59 Å². The van der Waals surface area contributed by atoms with Crippen molar-refractivity contribution in [3.8, 4) is 0 Å². The van der Waals surface area contributed by atoms with E-state index in [1.165, 1.54) is 16.0 Å². The fourth-order valence-corrected chi connectivity index (χ4v) is 3.57. The number of carbonyl (C=O) groups excluding carboxylic acids is 2. The van der Waals surface area contributed by atoms with E-state index < -0.39 is 0 Å². The van der Waals surface area contributed by atoms with E-state index in [4.69, 9.17) is 11.6 Å². The van der Waals surface area contributed by atoms with Crippen LogP contribution >= 0.6 is 11.6 Å². The summed E-state index contributed by atoms with van der Waals surface area (Å²) in [5, 5.41) is 3.32. The van der Waals surface area contributed by atoms with Gasteiger partial charge in [-0.1, -0.05) is 41.9 Å². The molecule has 1 heterocycles. The van der Waals surface area contributed by atoms with Crippen LogP contribution in [-0.4, -0.2) is 47.8 Å². The number of hydrogen-bond donors (Lipinski definition) is 1. The second kappa shape index (κ2) is 8.55. The number of nitrogens with zero attached hydrogens (tertiary/aromatic N) is 2. The molecule has 5 nitrogen and oxygen atoms in total. The Morgan fingerprint density at radius 2 is 1.93 bits per heavy atom. The molecule has 3 rings (SSSR count). The monoisotopic (exact) mass is 385 g/mol. The second-order valence-electron chi connectivity index (χ2n) is 6.92. The molecule has 1 atom stereocenters. The van der Waals surface area contributed by atoms with Crippen LogP contribution in [-0.2, 0) is 22.6 Å². The van der Waals surface area contributed by atoms with Crippen LogP contribution in [0.2, 0.25) is 5.02 Å². The highest BCUT2D eigenvalue weighted by Crippen LogP contribution is 2.21. The molecule has 6 heteroatoms. The Hall–Kier alpha value is -2.37. The Labute approximate surface area is 164 Å². The molecule has 1 N–H and O–H groups in total. The van der Waals surface area contributed by atoms with Gasteiger partial charge in [-0.3, -0.25) is 14.5 Å². The van der Waals surface area contributed by atoms with Crippen molar-refractivity contribution in [3.05, 3.63) is 64.7 Å². The highest BCUT2D eigenvalue weighted by molar-refractivity contribution is 6.30. The largest absolute Gasteiger partial charge is 0.335 e. The lowest BCUT2D eigenvalue weighted by atomic mass is 9.98. The summed E-state index contributed by atoms with van der Waals surface area (Å²) in [7, 11) is 1.66. The zero-order valence-corrected chi connectivity index (χ0v) is 16.4. The number of anilines is 1. The second-order valence-corrected chi connectivity index (χ2v) is 7.35. The maximum absolute atomic E-state index is 12.8. The van der Waals surface area contributed by atoms with E-state index in [0.29, 0.717) is 10.7 Å². The zero-order chi connectivity index (χ0) is 19.4. The van der Waals surface area contributed by atoms with Crippen molar-refractivity contribution in [2.45, 2.75) is 25.9 Å². The first-order valence-electron chi connectivity index (χ1n) is 9.05. The summed E-state index contributed by atoms with van der Waals surface area (Å²) in [5.41, 5.74) is 3.24. The normalized spacial score (nSPS) is 14.9. The molecule has 0 radical (unpaired) electrons. The van der Waals surface area contributed by atoms with E-state index in [2.05, 4.69) is 28.4 Å². The number of amides is 2. The van der Waals surface area contributed by atoms with Gasteiger partial charge in [0, 0.05) is 30.8 Å². The predicted molar refractivity (Wildman–Crippen MR) is 108 cm³/mol. The summed E-state index contributed by atoms with van der Waals surface area (Å²) in [6.07, 6.45) is 0.937. The summed E-state index contributed by atoms with van der Waals surface area (Å²) < 4.78 is 0. The minimum atomic E-state index is -0.276. The molecule has 2 amide bonds. The molecule has 27 heavy (non-hydrogen) atoms. The molecular weight excluding hydrogens is 362 g/mol. The first-order valence-corrected chi connectivity index (χ1v) is 9.43. The van der Waals surface area contributed by atoms with Gasteiger partial charge in [-0.25, -0.2) is 0 Å². The molecule has 1 unspecified atom stereocenters. The quantitative estimate of drug-likeness (QED) is 0.860. The average molecular weight is 386 g/mol. The number of carbonyl (C=O) groups is 2. The van der Waals surface area contributed by atoms with Crippen LogP contribution in [0.5, 0.6) is 0 Å². The molecule has 0 saturated carbocycles. The maximum atomic E-state index is 12.8. The van der Waals surface area contributed by atoms with Crippen molar-refractivity contribution in [2.75, 3.05) is 25.5 Å². The third kappa shape index (κ3) is 4.87. The van der Waals surface area contributed by atoms with Crippen molar-refractivity contribution in [3.63, 3.8) is 0 Å². The maximum Gasteiger partial charge on any atom is 0.243 e. The molecule has 2 aromatic carbocycles. The fraction of sp³-hybridized carbons (Fsp3) is 0.333. The minimum absolute atomic E-state index is 0.000113. The van der Waals surface area contributed by atoms with Gasteiger partial charge in [-0.2, -0.15) is 0 Å². The number of hydrogen-bond acceptors (Lipinski definition) is 3. The number of halogens is 1. The minimum Gasteiger partial charge on any atom is -0.335 e. The van der Waals surface area contributed by atoms with Gasteiger partial charge >= 0.3 is 0 Å². The van der Waals surface area contributed by atoms with Gasteiger partial charge in [0.05, 0.1) is 12.6 Å². The molecule has 142 valence electrons. The lowest BCUT2D eigenvalue weighted by molar-refractivity contribution is -0.138. The van der Waals surface area contributed by atoms with Gasteiger partial charge in [0.15, 0.2) is 0 Å². The summed E-state index contributed by atoms with van der Waals surface area (Å²) in [5.74, 6) is -0.306. The van der Waals surface area contributed by atoms with Gasteiger partial charge in [0.25, 0.3) is 0 Å². The van der Waals surface area contributed by atoms with Crippen LogP contribution in [0.25, 0.3) is 0 Å². The first-order chi connectivity index (χ1) is 12.9. The molecule has 1 aliphatic rings.